The predicted molar refractivity (Wildman–Crippen MR) is 362 cm³/mol. The van der Waals surface area contributed by atoms with E-state index in [0.717, 1.165) is 135 Å². The Bertz CT molecular complexity index is 1750. The van der Waals surface area contributed by atoms with Crippen LogP contribution in [0.25, 0.3) is 0 Å². The van der Waals surface area contributed by atoms with Crippen LogP contribution in [-0.2, 0) is 28.6 Å². The van der Waals surface area contributed by atoms with Gasteiger partial charge >= 0.3 is 17.9 Å². The van der Waals surface area contributed by atoms with Crippen LogP contribution < -0.4 is 0 Å². The van der Waals surface area contributed by atoms with Gasteiger partial charge < -0.3 is 14.2 Å². The van der Waals surface area contributed by atoms with Crippen LogP contribution in [-0.4, -0.2) is 37.2 Å². The van der Waals surface area contributed by atoms with Crippen molar-refractivity contribution >= 4 is 17.9 Å². The first kappa shape index (κ1) is 78.5. The summed E-state index contributed by atoms with van der Waals surface area (Å²) in [6.45, 7) is 6.39. The van der Waals surface area contributed by atoms with Gasteiger partial charge in [0, 0.05) is 19.3 Å². The molecule has 0 rings (SSSR count). The van der Waals surface area contributed by atoms with Crippen molar-refractivity contribution in [3.05, 3.63) is 134 Å². The van der Waals surface area contributed by atoms with Gasteiger partial charge in [0.05, 0.1) is 0 Å². The molecule has 83 heavy (non-hydrogen) atoms. The molecule has 6 heteroatoms. The van der Waals surface area contributed by atoms with E-state index in [2.05, 4.69) is 154 Å². The maximum atomic E-state index is 12.9. The molecule has 0 aliphatic heterocycles. The summed E-state index contributed by atoms with van der Waals surface area (Å²) in [5.41, 5.74) is 0. The highest BCUT2D eigenvalue weighted by Crippen LogP contribution is 2.17. The van der Waals surface area contributed by atoms with Gasteiger partial charge in [-0.15, -0.1) is 0 Å². The van der Waals surface area contributed by atoms with E-state index in [-0.39, 0.29) is 37.5 Å². The maximum Gasteiger partial charge on any atom is 0.306 e. The van der Waals surface area contributed by atoms with Gasteiger partial charge in [0.15, 0.2) is 6.10 Å². The molecule has 0 aromatic carbocycles. The lowest BCUT2D eigenvalue weighted by atomic mass is 10.0. The van der Waals surface area contributed by atoms with Crippen LogP contribution in [0.2, 0.25) is 0 Å². The topological polar surface area (TPSA) is 78.9 Å². The van der Waals surface area contributed by atoms with E-state index >= 15 is 0 Å². The molecular weight excluding hydrogens is 1020 g/mol. The SMILES string of the molecule is CC/C=C\C/C=C\C/C=C\C/C=C\C/C=C\C/C=C\C/C=C\CCCCCC(=O)OC(COC(=O)CCCCCCCCCCC)COC(=O)CCCCCCCCCCCCCCCCCCCC/C=C\C/C=C\C/C=C\C/C=C\CC. The molecule has 0 saturated carbocycles. The molecule has 0 amide bonds. The highest BCUT2D eigenvalue weighted by Gasteiger charge is 2.19. The molecule has 1 atom stereocenters. The third kappa shape index (κ3) is 68.2. The Hall–Kier alpha value is -4.45. The number of carbonyl (C=O) groups excluding carboxylic acids is 3. The van der Waals surface area contributed by atoms with Crippen molar-refractivity contribution in [1.82, 2.24) is 0 Å². The van der Waals surface area contributed by atoms with Crippen molar-refractivity contribution in [2.75, 3.05) is 13.2 Å². The van der Waals surface area contributed by atoms with Crippen molar-refractivity contribution in [2.45, 2.75) is 322 Å². The fourth-order valence-corrected chi connectivity index (χ4v) is 9.53. The van der Waals surface area contributed by atoms with Gasteiger partial charge in [0.25, 0.3) is 0 Å². The summed E-state index contributed by atoms with van der Waals surface area (Å²) in [5, 5.41) is 0. The first-order valence-corrected chi connectivity index (χ1v) is 34.7. The zero-order chi connectivity index (χ0) is 59.9. The first-order chi connectivity index (χ1) is 41.0. The van der Waals surface area contributed by atoms with Gasteiger partial charge in [0.2, 0.25) is 0 Å². The van der Waals surface area contributed by atoms with Crippen molar-refractivity contribution in [3.8, 4) is 0 Å². The third-order valence-electron chi connectivity index (χ3n) is 14.7. The molecule has 6 nitrogen and oxygen atoms in total. The third-order valence-corrected chi connectivity index (χ3v) is 14.7. The number of carbonyl (C=O) groups is 3. The van der Waals surface area contributed by atoms with Crippen LogP contribution >= 0.6 is 0 Å². The minimum atomic E-state index is -0.797. The van der Waals surface area contributed by atoms with Crippen molar-refractivity contribution in [2.24, 2.45) is 0 Å². The first-order valence-electron chi connectivity index (χ1n) is 34.7. The lowest BCUT2D eigenvalue weighted by Crippen LogP contribution is -2.30. The van der Waals surface area contributed by atoms with Gasteiger partial charge in [-0.1, -0.05) is 315 Å². The quantitative estimate of drug-likeness (QED) is 0.0261. The van der Waals surface area contributed by atoms with Gasteiger partial charge in [-0.3, -0.25) is 14.4 Å². The summed E-state index contributed by atoms with van der Waals surface area (Å²) >= 11 is 0. The summed E-state index contributed by atoms with van der Waals surface area (Å²) in [6, 6.07) is 0. The second kappa shape index (κ2) is 70.0. The molecule has 472 valence electrons. The fraction of sp³-hybridized carbons (Fsp3) is 0.675. The van der Waals surface area contributed by atoms with Crippen LogP contribution in [0.3, 0.4) is 0 Å². The average molecular weight is 1150 g/mol. The highest BCUT2D eigenvalue weighted by atomic mass is 16.6. The Morgan fingerprint density at radius 1 is 0.253 bits per heavy atom. The summed E-state index contributed by atoms with van der Waals surface area (Å²) in [7, 11) is 0. The van der Waals surface area contributed by atoms with E-state index in [0.29, 0.717) is 12.8 Å². The number of hydrogen-bond donors (Lipinski definition) is 0. The summed E-state index contributed by atoms with van der Waals surface area (Å²) in [5.74, 6) is -0.919. The van der Waals surface area contributed by atoms with Gasteiger partial charge in [-0.05, 0) is 116 Å². The van der Waals surface area contributed by atoms with Crippen molar-refractivity contribution in [1.29, 1.82) is 0 Å². The summed E-state index contributed by atoms with van der Waals surface area (Å²) in [6.07, 6.45) is 99.2. The molecule has 0 aliphatic rings. The molecule has 0 aromatic heterocycles. The van der Waals surface area contributed by atoms with E-state index in [1.54, 1.807) is 0 Å². The number of allylic oxidation sites excluding steroid dienone is 22. The van der Waals surface area contributed by atoms with Gasteiger partial charge in [-0.25, -0.2) is 0 Å². The number of rotatable bonds is 62. The molecule has 0 N–H and O–H groups in total. The molecule has 0 aliphatic carbocycles. The van der Waals surface area contributed by atoms with E-state index < -0.39 is 6.10 Å². The highest BCUT2D eigenvalue weighted by molar-refractivity contribution is 5.71. The van der Waals surface area contributed by atoms with Crippen LogP contribution in [0.5, 0.6) is 0 Å². The molecule has 0 radical (unpaired) electrons. The zero-order valence-electron chi connectivity index (χ0n) is 54.2. The fourth-order valence-electron chi connectivity index (χ4n) is 9.53. The lowest BCUT2D eigenvalue weighted by Gasteiger charge is -2.18. The Labute approximate surface area is 513 Å². The number of unbranched alkanes of at least 4 members (excludes halogenated alkanes) is 29. The van der Waals surface area contributed by atoms with Crippen LogP contribution in [0, 0.1) is 0 Å². The van der Waals surface area contributed by atoms with Crippen LogP contribution in [0.1, 0.15) is 316 Å². The van der Waals surface area contributed by atoms with Crippen molar-refractivity contribution < 1.29 is 28.6 Å². The Morgan fingerprint density at radius 2 is 0.470 bits per heavy atom. The number of ether oxygens (including phenoxy) is 3. The average Bonchev–Trinajstić information content (AvgIpc) is 3.49. The minimum absolute atomic E-state index is 0.0911. The molecule has 0 fully saturated rings. The van der Waals surface area contributed by atoms with E-state index in [9.17, 15) is 14.4 Å². The van der Waals surface area contributed by atoms with Gasteiger partial charge in [0.1, 0.15) is 13.2 Å². The monoisotopic (exact) mass is 1150 g/mol. The maximum absolute atomic E-state index is 12.9. The Kier molecular flexibility index (Phi) is 66.3. The van der Waals surface area contributed by atoms with Crippen LogP contribution in [0.15, 0.2) is 134 Å². The molecule has 0 heterocycles. The summed E-state index contributed by atoms with van der Waals surface area (Å²) in [4.78, 5) is 38.3. The second-order valence-corrected chi connectivity index (χ2v) is 22.7. The number of esters is 3. The largest absolute Gasteiger partial charge is 0.462 e. The van der Waals surface area contributed by atoms with Crippen LogP contribution in [0.4, 0.5) is 0 Å². The molecule has 0 bridgehead atoms. The molecule has 0 saturated heterocycles. The zero-order valence-corrected chi connectivity index (χ0v) is 54.2. The summed E-state index contributed by atoms with van der Waals surface area (Å²) < 4.78 is 16.9. The molecule has 1 unspecified atom stereocenters. The molecule has 0 aromatic rings. The van der Waals surface area contributed by atoms with Gasteiger partial charge in [-0.2, -0.15) is 0 Å². The van der Waals surface area contributed by atoms with E-state index in [4.69, 9.17) is 14.2 Å². The minimum Gasteiger partial charge on any atom is -0.462 e. The normalized spacial score (nSPS) is 13.0. The van der Waals surface area contributed by atoms with E-state index in [1.807, 2.05) is 0 Å². The Balaban J connectivity index is 4.21. The van der Waals surface area contributed by atoms with E-state index in [1.165, 1.54) is 141 Å². The second-order valence-electron chi connectivity index (χ2n) is 22.7. The lowest BCUT2D eigenvalue weighted by molar-refractivity contribution is -0.167. The molecule has 0 spiro atoms. The molecular formula is C77H128O6. The Morgan fingerprint density at radius 3 is 0.747 bits per heavy atom. The standard InChI is InChI=1S/C77H128O6/c1-4-7-10-13-16-19-21-23-25-27-29-31-33-35-36-37-38-39-40-42-43-45-47-49-51-53-55-58-61-64-67-70-76(79)82-73-74(72-81-75(78)69-66-63-60-57-18-15-12-9-6-3)83-77(80)71-68-65-62-59-56-54-52-50-48-46-44-41-34-32-30-28-26-24-22-20-17-14-11-8-5-2/h7-8,10-11,16-17,19-20,23-26,29-32,41,44,48,50,54,56,74H,4-6,9,12-15,18,21-22,27-28,33-40,42-43,45-47,49,51-53,55,57-73H2,1-3H3/b10-7-,11-8-,19-16-,20-17-,25-23-,26-24-,31-29-,32-30-,44-41-,50-48-,56-54-. The van der Waals surface area contributed by atoms with Crippen molar-refractivity contribution in [3.63, 3.8) is 0 Å². The predicted octanol–water partition coefficient (Wildman–Crippen LogP) is 24.1. The number of hydrogen-bond acceptors (Lipinski definition) is 6. The smallest absolute Gasteiger partial charge is 0.306 e.